The zero-order valence-corrected chi connectivity index (χ0v) is 14.0. The molecule has 23 heavy (non-hydrogen) atoms. The highest BCUT2D eigenvalue weighted by atomic mass is 16.7. The van der Waals surface area contributed by atoms with Crippen molar-refractivity contribution in [3.05, 3.63) is 54.1 Å². The van der Waals surface area contributed by atoms with Crippen molar-refractivity contribution in [2.24, 2.45) is 0 Å². The number of hydrogen-bond acceptors (Lipinski definition) is 3. The Morgan fingerprint density at radius 3 is 2.04 bits per heavy atom. The van der Waals surface area contributed by atoms with Gasteiger partial charge in [-0.05, 0) is 44.3 Å². The standard InChI is InChI=1S/C19H21BO3/c1-18(2)19(3,4)23-20(22-18)17-12-15(10-11-16(17)13-21)14-8-6-5-7-9-14/h5-13H,1-4H3. The first-order chi connectivity index (χ1) is 10.8. The van der Waals surface area contributed by atoms with Gasteiger partial charge in [0.15, 0.2) is 0 Å². The summed E-state index contributed by atoms with van der Waals surface area (Å²) >= 11 is 0. The highest BCUT2D eigenvalue weighted by molar-refractivity contribution is 6.63. The van der Waals surface area contributed by atoms with Crippen LogP contribution in [0.5, 0.6) is 0 Å². The summed E-state index contributed by atoms with van der Waals surface area (Å²) in [6.07, 6.45) is 0.856. The van der Waals surface area contributed by atoms with Crippen molar-refractivity contribution < 1.29 is 14.1 Å². The predicted octanol–water partition coefficient (Wildman–Crippen LogP) is 3.47. The third-order valence-electron chi connectivity index (χ3n) is 4.83. The molecule has 1 heterocycles. The molecule has 1 saturated heterocycles. The molecule has 3 nitrogen and oxygen atoms in total. The van der Waals surface area contributed by atoms with Gasteiger partial charge in [0.25, 0.3) is 0 Å². The lowest BCUT2D eigenvalue weighted by Crippen LogP contribution is -2.41. The summed E-state index contributed by atoms with van der Waals surface area (Å²) in [5.41, 5.74) is 2.66. The molecule has 0 saturated carbocycles. The Morgan fingerprint density at radius 1 is 0.870 bits per heavy atom. The number of benzene rings is 2. The van der Waals surface area contributed by atoms with Gasteiger partial charge in [-0.3, -0.25) is 4.79 Å². The molecule has 1 aliphatic rings. The second-order valence-corrected chi connectivity index (χ2v) is 6.92. The van der Waals surface area contributed by atoms with Gasteiger partial charge in [0.1, 0.15) is 6.29 Å². The average molecular weight is 308 g/mol. The van der Waals surface area contributed by atoms with Gasteiger partial charge in [-0.2, -0.15) is 0 Å². The first-order valence-electron chi connectivity index (χ1n) is 7.84. The minimum atomic E-state index is -0.538. The zero-order valence-electron chi connectivity index (χ0n) is 14.0. The molecule has 0 aliphatic carbocycles. The summed E-state index contributed by atoms with van der Waals surface area (Å²) in [4.78, 5) is 11.4. The maximum Gasteiger partial charge on any atom is 0.495 e. The fourth-order valence-corrected chi connectivity index (χ4v) is 2.67. The Labute approximate surface area is 137 Å². The molecule has 0 spiro atoms. The van der Waals surface area contributed by atoms with Gasteiger partial charge in [0.05, 0.1) is 11.2 Å². The van der Waals surface area contributed by atoms with E-state index in [-0.39, 0.29) is 0 Å². The van der Waals surface area contributed by atoms with Crippen molar-refractivity contribution in [1.29, 1.82) is 0 Å². The molecule has 1 fully saturated rings. The van der Waals surface area contributed by atoms with Crippen LogP contribution in [-0.4, -0.2) is 24.6 Å². The van der Waals surface area contributed by atoms with Crippen LogP contribution in [0.3, 0.4) is 0 Å². The third kappa shape index (κ3) is 2.84. The van der Waals surface area contributed by atoms with Crippen molar-refractivity contribution in [1.82, 2.24) is 0 Å². The lowest BCUT2D eigenvalue weighted by Gasteiger charge is -2.32. The lowest BCUT2D eigenvalue weighted by atomic mass is 9.75. The number of aldehydes is 1. The largest absolute Gasteiger partial charge is 0.495 e. The van der Waals surface area contributed by atoms with Crippen molar-refractivity contribution in [3.8, 4) is 11.1 Å². The van der Waals surface area contributed by atoms with Crippen LogP contribution in [0.2, 0.25) is 0 Å². The molecule has 0 amide bonds. The van der Waals surface area contributed by atoms with Crippen LogP contribution >= 0.6 is 0 Å². The molecule has 0 N–H and O–H groups in total. The van der Waals surface area contributed by atoms with E-state index in [1.54, 1.807) is 0 Å². The second kappa shape index (κ2) is 5.62. The van der Waals surface area contributed by atoms with E-state index in [1.807, 2.05) is 76.2 Å². The van der Waals surface area contributed by atoms with E-state index in [2.05, 4.69) is 0 Å². The highest BCUT2D eigenvalue weighted by Gasteiger charge is 2.52. The van der Waals surface area contributed by atoms with Crippen molar-refractivity contribution in [2.45, 2.75) is 38.9 Å². The van der Waals surface area contributed by atoms with E-state index in [0.29, 0.717) is 5.56 Å². The van der Waals surface area contributed by atoms with Gasteiger partial charge in [-0.25, -0.2) is 0 Å². The van der Waals surface area contributed by atoms with Crippen LogP contribution < -0.4 is 5.46 Å². The van der Waals surface area contributed by atoms with Gasteiger partial charge in [0, 0.05) is 5.56 Å². The van der Waals surface area contributed by atoms with Crippen LogP contribution in [0.25, 0.3) is 11.1 Å². The summed E-state index contributed by atoms with van der Waals surface area (Å²) in [5.74, 6) is 0. The first kappa shape index (κ1) is 16.0. The van der Waals surface area contributed by atoms with Gasteiger partial charge in [0.2, 0.25) is 0 Å². The van der Waals surface area contributed by atoms with Crippen molar-refractivity contribution in [2.75, 3.05) is 0 Å². The number of carbonyl (C=O) groups is 1. The third-order valence-corrected chi connectivity index (χ3v) is 4.83. The Bertz CT molecular complexity index is 707. The Balaban J connectivity index is 2.03. The van der Waals surface area contributed by atoms with Gasteiger partial charge < -0.3 is 9.31 Å². The van der Waals surface area contributed by atoms with Crippen LogP contribution in [0.1, 0.15) is 38.1 Å². The van der Waals surface area contributed by atoms with E-state index >= 15 is 0 Å². The summed E-state index contributed by atoms with van der Waals surface area (Å²) in [6.45, 7) is 8.03. The monoisotopic (exact) mass is 308 g/mol. The molecule has 0 unspecified atom stereocenters. The first-order valence-corrected chi connectivity index (χ1v) is 7.84. The Kier molecular flexibility index (Phi) is 3.90. The summed E-state index contributed by atoms with van der Waals surface area (Å²) in [6, 6.07) is 15.8. The van der Waals surface area contributed by atoms with E-state index in [4.69, 9.17) is 9.31 Å². The molecule has 2 aromatic rings. The summed E-state index contributed by atoms with van der Waals surface area (Å²) < 4.78 is 12.2. The van der Waals surface area contributed by atoms with Gasteiger partial charge in [-0.1, -0.05) is 48.5 Å². The fourth-order valence-electron chi connectivity index (χ4n) is 2.67. The highest BCUT2D eigenvalue weighted by Crippen LogP contribution is 2.37. The Hall–Kier alpha value is -1.91. The average Bonchev–Trinajstić information content (AvgIpc) is 2.75. The molecule has 0 bridgehead atoms. The molecule has 3 rings (SSSR count). The van der Waals surface area contributed by atoms with Crippen LogP contribution in [0.15, 0.2) is 48.5 Å². The fraction of sp³-hybridized carbons (Fsp3) is 0.316. The summed E-state index contributed by atoms with van der Waals surface area (Å²) in [5, 5.41) is 0. The summed E-state index contributed by atoms with van der Waals surface area (Å²) in [7, 11) is -0.538. The normalized spacial score (nSPS) is 18.9. The maximum absolute atomic E-state index is 11.4. The predicted molar refractivity (Wildman–Crippen MR) is 93.0 cm³/mol. The molecule has 0 radical (unpaired) electrons. The quantitative estimate of drug-likeness (QED) is 0.643. The molecule has 118 valence electrons. The van der Waals surface area contributed by atoms with E-state index < -0.39 is 18.3 Å². The Morgan fingerprint density at radius 2 is 1.48 bits per heavy atom. The molecule has 1 aliphatic heterocycles. The van der Waals surface area contributed by atoms with Crippen LogP contribution in [0, 0.1) is 0 Å². The van der Waals surface area contributed by atoms with E-state index in [0.717, 1.165) is 22.9 Å². The number of hydrogen-bond donors (Lipinski definition) is 0. The maximum atomic E-state index is 11.4. The van der Waals surface area contributed by atoms with E-state index in [9.17, 15) is 4.79 Å². The number of rotatable bonds is 3. The molecule has 4 heteroatoms. The molecular weight excluding hydrogens is 287 g/mol. The van der Waals surface area contributed by atoms with Crippen molar-refractivity contribution >= 4 is 18.9 Å². The minimum absolute atomic E-state index is 0.430. The SMILES string of the molecule is CC1(C)OB(c2cc(-c3ccccc3)ccc2C=O)OC1(C)C. The van der Waals surface area contributed by atoms with E-state index in [1.165, 1.54) is 0 Å². The smallest absolute Gasteiger partial charge is 0.399 e. The molecule has 0 aromatic heterocycles. The molecule has 2 aromatic carbocycles. The van der Waals surface area contributed by atoms with Crippen LogP contribution in [-0.2, 0) is 9.31 Å². The number of carbonyl (C=O) groups excluding carboxylic acids is 1. The van der Waals surface area contributed by atoms with Gasteiger partial charge in [-0.15, -0.1) is 0 Å². The minimum Gasteiger partial charge on any atom is -0.399 e. The zero-order chi connectivity index (χ0) is 16.7. The van der Waals surface area contributed by atoms with Gasteiger partial charge >= 0.3 is 7.12 Å². The lowest BCUT2D eigenvalue weighted by molar-refractivity contribution is 0.00578. The van der Waals surface area contributed by atoms with Crippen LogP contribution in [0.4, 0.5) is 0 Å². The second-order valence-electron chi connectivity index (χ2n) is 6.92. The molecular formula is C19H21BO3. The topological polar surface area (TPSA) is 35.5 Å². The van der Waals surface area contributed by atoms with Crippen molar-refractivity contribution in [3.63, 3.8) is 0 Å². The molecule has 0 atom stereocenters.